The first-order valence-corrected chi connectivity index (χ1v) is 7.91. The zero-order valence-corrected chi connectivity index (χ0v) is 13.1. The normalized spacial score (nSPS) is 13.5. The second-order valence-electron chi connectivity index (χ2n) is 5.37. The van der Waals surface area contributed by atoms with Crippen LogP contribution in [0.4, 0.5) is 13.8 Å². The van der Waals surface area contributed by atoms with E-state index in [-0.39, 0.29) is 28.3 Å². The van der Waals surface area contributed by atoms with E-state index in [1.807, 2.05) is 0 Å². The SMILES string of the molecule is NC(=O)c1c(NC(=O)c2ccc(F)cc2F)sc2c1CCC(=O)C2. The maximum absolute atomic E-state index is 13.7. The molecule has 0 aliphatic heterocycles. The van der Waals surface area contributed by atoms with Gasteiger partial charge in [-0.15, -0.1) is 11.3 Å². The molecule has 0 bridgehead atoms. The van der Waals surface area contributed by atoms with E-state index in [2.05, 4.69) is 5.32 Å². The van der Waals surface area contributed by atoms with Crippen LogP contribution in [0.2, 0.25) is 0 Å². The molecule has 0 spiro atoms. The highest BCUT2D eigenvalue weighted by Crippen LogP contribution is 2.37. The van der Waals surface area contributed by atoms with Gasteiger partial charge in [-0.3, -0.25) is 14.4 Å². The lowest BCUT2D eigenvalue weighted by atomic mass is 9.94. The number of carbonyl (C=O) groups is 3. The van der Waals surface area contributed by atoms with Crippen molar-refractivity contribution in [2.75, 3.05) is 5.32 Å². The number of nitrogens with two attached hydrogens (primary N) is 1. The van der Waals surface area contributed by atoms with Crippen LogP contribution >= 0.6 is 11.3 Å². The molecule has 2 aromatic rings. The van der Waals surface area contributed by atoms with Crippen LogP contribution in [-0.4, -0.2) is 17.6 Å². The number of halogens is 2. The maximum Gasteiger partial charge on any atom is 0.259 e. The Morgan fingerprint density at radius 3 is 2.62 bits per heavy atom. The molecule has 2 amide bonds. The van der Waals surface area contributed by atoms with Crippen LogP contribution in [0.5, 0.6) is 0 Å². The zero-order valence-electron chi connectivity index (χ0n) is 12.3. The average Bonchev–Trinajstić information content (AvgIpc) is 2.83. The van der Waals surface area contributed by atoms with Gasteiger partial charge in [-0.2, -0.15) is 0 Å². The van der Waals surface area contributed by atoms with Crippen LogP contribution in [0.25, 0.3) is 0 Å². The van der Waals surface area contributed by atoms with Crippen molar-refractivity contribution in [1.82, 2.24) is 0 Å². The van der Waals surface area contributed by atoms with Crippen molar-refractivity contribution in [2.24, 2.45) is 5.73 Å². The number of anilines is 1. The fourth-order valence-electron chi connectivity index (χ4n) is 2.64. The van der Waals surface area contributed by atoms with Gasteiger partial charge in [-0.1, -0.05) is 0 Å². The van der Waals surface area contributed by atoms with Gasteiger partial charge < -0.3 is 11.1 Å². The number of nitrogens with one attached hydrogen (secondary N) is 1. The average molecular weight is 350 g/mol. The lowest BCUT2D eigenvalue weighted by Gasteiger charge is -2.10. The molecule has 0 radical (unpaired) electrons. The molecule has 3 N–H and O–H groups in total. The minimum Gasteiger partial charge on any atom is -0.365 e. The van der Waals surface area contributed by atoms with Gasteiger partial charge in [0.1, 0.15) is 22.4 Å². The van der Waals surface area contributed by atoms with E-state index in [0.29, 0.717) is 29.3 Å². The van der Waals surface area contributed by atoms with Gasteiger partial charge in [0.2, 0.25) is 0 Å². The number of carbonyl (C=O) groups excluding carboxylic acids is 3. The molecule has 0 saturated heterocycles. The summed E-state index contributed by atoms with van der Waals surface area (Å²) in [5.41, 5.74) is 5.84. The Bertz CT molecular complexity index is 876. The number of Topliss-reactive ketones (excluding diaryl/α,β-unsaturated/α-hetero) is 1. The van der Waals surface area contributed by atoms with Gasteiger partial charge in [0, 0.05) is 23.8 Å². The van der Waals surface area contributed by atoms with Gasteiger partial charge in [0.25, 0.3) is 11.8 Å². The molecule has 0 fully saturated rings. The molecule has 124 valence electrons. The molecular weight excluding hydrogens is 338 g/mol. The van der Waals surface area contributed by atoms with Crippen molar-refractivity contribution in [3.8, 4) is 0 Å². The molecular formula is C16H12F2N2O3S. The number of thiophene rings is 1. The van der Waals surface area contributed by atoms with Crippen molar-refractivity contribution < 1.29 is 23.2 Å². The fourth-order valence-corrected chi connectivity index (χ4v) is 3.92. The molecule has 1 aromatic heterocycles. The first kappa shape index (κ1) is 16.3. The van der Waals surface area contributed by atoms with Crippen LogP contribution in [-0.2, 0) is 17.6 Å². The van der Waals surface area contributed by atoms with E-state index >= 15 is 0 Å². The zero-order chi connectivity index (χ0) is 17.4. The molecule has 24 heavy (non-hydrogen) atoms. The number of primary amides is 1. The second kappa shape index (κ2) is 6.12. The summed E-state index contributed by atoms with van der Waals surface area (Å²) in [5.74, 6) is -3.31. The highest BCUT2D eigenvalue weighted by atomic mass is 32.1. The predicted molar refractivity (Wildman–Crippen MR) is 84.2 cm³/mol. The summed E-state index contributed by atoms with van der Waals surface area (Å²) in [5, 5.41) is 2.62. The van der Waals surface area contributed by atoms with Crippen molar-refractivity contribution in [2.45, 2.75) is 19.3 Å². The van der Waals surface area contributed by atoms with Crippen molar-refractivity contribution in [3.05, 3.63) is 51.4 Å². The number of amides is 2. The number of rotatable bonds is 3. The Morgan fingerprint density at radius 1 is 1.21 bits per heavy atom. The highest BCUT2D eigenvalue weighted by Gasteiger charge is 2.28. The Balaban J connectivity index is 1.96. The topological polar surface area (TPSA) is 89.3 Å². The van der Waals surface area contributed by atoms with E-state index in [1.54, 1.807) is 0 Å². The van der Waals surface area contributed by atoms with Gasteiger partial charge in [0.15, 0.2) is 0 Å². The molecule has 0 unspecified atom stereocenters. The number of hydrogen-bond donors (Lipinski definition) is 2. The van der Waals surface area contributed by atoms with Crippen LogP contribution in [0, 0.1) is 11.6 Å². The van der Waals surface area contributed by atoms with Gasteiger partial charge in [-0.05, 0) is 24.1 Å². The Hall–Kier alpha value is -2.61. The number of benzene rings is 1. The van der Waals surface area contributed by atoms with Gasteiger partial charge in [-0.25, -0.2) is 8.78 Å². The molecule has 5 nitrogen and oxygen atoms in total. The summed E-state index contributed by atoms with van der Waals surface area (Å²) in [6.07, 6.45) is 0.870. The van der Waals surface area contributed by atoms with Crippen LogP contribution in [0.15, 0.2) is 18.2 Å². The fraction of sp³-hybridized carbons (Fsp3) is 0.188. The smallest absolute Gasteiger partial charge is 0.259 e. The molecule has 8 heteroatoms. The van der Waals surface area contributed by atoms with E-state index in [9.17, 15) is 23.2 Å². The van der Waals surface area contributed by atoms with Crippen molar-refractivity contribution in [3.63, 3.8) is 0 Å². The van der Waals surface area contributed by atoms with Crippen LogP contribution in [0.3, 0.4) is 0 Å². The van der Waals surface area contributed by atoms with Crippen LogP contribution in [0.1, 0.15) is 37.6 Å². The van der Waals surface area contributed by atoms with Gasteiger partial charge >= 0.3 is 0 Å². The van der Waals surface area contributed by atoms with E-state index in [4.69, 9.17) is 5.73 Å². The lowest BCUT2D eigenvalue weighted by molar-refractivity contribution is -0.118. The molecule has 3 rings (SSSR count). The third-order valence-corrected chi connectivity index (χ3v) is 4.90. The van der Waals surface area contributed by atoms with E-state index in [0.717, 1.165) is 23.5 Å². The molecule has 1 aliphatic carbocycles. The Morgan fingerprint density at radius 2 is 1.96 bits per heavy atom. The first-order valence-electron chi connectivity index (χ1n) is 7.09. The predicted octanol–water partition coefficient (Wildman–Crippen LogP) is 2.44. The minimum atomic E-state index is -1.01. The first-order chi connectivity index (χ1) is 11.4. The second-order valence-corrected chi connectivity index (χ2v) is 6.47. The standard InChI is InChI=1S/C16H12F2N2O3S/c17-7-1-3-9(11(18)5-7)15(23)20-16-13(14(19)22)10-4-2-8(21)6-12(10)24-16/h1,3,5H,2,4,6H2,(H2,19,22)(H,20,23). The lowest BCUT2D eigenvalue weighted by Crippen LogP contribution is -2.20. The number of hydrogen-bond acceptors (Lipinski definition) is 4. The van der Waals surface area contributed by atoms with Crippen molar-refractivity contribution in [1.29, 1.82) is 0 Å². The third-order valence-electron chi connectivity index (χ3n) is 3.75. The minimum absolute atomic E-state index is 0.0437. The molecule has 1 heterocycles. The summed E-state index contributed by atoms with van der Waals surface area (Å²) in [6.45, 7) is 0. The molecule has 1 aliphatic rings. The maximum atomic E-state index is 13.7. The van der Waals surface area contributed by atoms with Gasteiger partial charge in [0.05, 0.1) is 11.1 Å². The highest BCUT2D eigenvalue weighted by molar-refractivity contribution is 7.17. The Labute approximate surface area is 139 Å². The monoisotopic (exact) mass is 350 g/mol. The quantitative estimate of drug-likeness (QED) is 0.891. The number of fused-ring (bicyclic) bond motifs is 1. The number of ketones is 1. The van der Waals surface area contributed by atoms with Crippen LogP contribution < -0.4 is 11.1 Å². The molecule has 1 aromatic carbocycles. The Kier molecular flexibility index (Phi) is 4.15. The molecule has 0 saturated carbocycles. The third kappa shape index (κ3) is 2.92. The van der Waals surface area contributed by atoms with E-state index in [1.165, 1.54) is 0 Å². The summed E-state index contributed by atoms with van der Waals surface area (Å²) in [6, 6.07) is 2.58. The molecule has 0 atom stereocenters. The summed E-state index contributed by atoms with van der Waals surface area (Å²) in [4.78, 5) is 36.2. The van der Waals surface area contributed by atoms with Crippen molar-refractivity contribution >= 4 is 33.9 Å². The summed E-state index contributed by atoms with van der Waals surface area (Å²) < 4.78 is 26.6. The van der Waals surface area contributed by atoms with E-state index < -0.39 is 23.4 Å². The summed E-state index contributed by atoms with van der Waals surface area (Å²) in [7, 11) is 0. The summed E-state index contributed by atoms with van der Waals surface area (Å²) >= 11 is 1.08. The largest absolute Gasteiger partial charge is 0.365 e.